The highest BCUT2D eigenvalue weighted by atomic mass is 33.0. The van der Waals surface area contributed by atoms with Gasteiger partial charge in [-0.2, -0.15) is 0 Å². The standard InChI is InChI=1S/C12H28P4/c1-5-9-13-14(10-6-2)16(12-8-4)15(13)11-7-3/h5-12H2,1-4H3. The van der Waals surface area contributed by atoms with Gasteiger partial charge in [0.2, 0.25) is 0 Å². The van der Waals surface area contributed by atoms with E-state index in [2.05, 4.69) is 27.7 Å². The van der Waals surface area contributed by atoms with Crippen LogP contribution in [0.1, 0.15) is 53.4 Å². The summed E-state index contributed by atoms with van der Waals surface area (Å²) >= 11 is 0. The predicted octanol–water partition coefficient (Wildman–Crippen LogP) is 7.23. The molecule has 96 valence electrons. The molecule has 0 aliphatic carbocycles. The van der Waals surface area contributed by atoms with E-state index in [1.807, 2.05) is 0 Å². The first-order chi connectivity index (χ1) is 7.79. The molecule has 0 radical (unpaired) electrons. The van der Waals surface area contributed by atoms with Crippen LogP contribution in [0.15, 0.2) is 0 Å². The second-order valence-corrected chi connectivity index (χ2v) is 24.5. The van der Waals surface area contributed by atoms with Gasteiger partial charge in [0.05, 0.1) is 0 Å². The van der Waals surface area contributed by atoms with Crippen molar-refractivity contribution in [2.24, 2.45) is 0 Å². The van der Waals surface area contributed by atoms with E-state index < -0.39 is 0 Å². The van der Waals surface area contributed by atoms with Gasteiger partial charge < -0.3 is 0 Å². The zero-order valence-electron chi connectivity index (χ0n) is 11.4. The van der Waals surface area contributed by atoms with Crippen molar-refractivity contribution in [3.05, 3.63) is 0 Å². The van der Waals surface area contributed by atoms with E-state index >= 15 is 0 Å². The first kappa shape index (κ1) is 15.8. The van der Waals surface area contributed by atoms with Crippen LogP contribution in [0.3, 0.4) is 0 Å². The summed E-state index contributed by atoms with van der Waals surface area (Å²) in [6.45, 7) is 9.62. The Hall–Kier alpha value is 1.72. The molecule has 0 amide bonds. The molecule has 0 aromatic rings. The Morgan fingerprint density at radius 1 is 0.438 bits per heavy atom. The quantitative estimate of drug-likeness (QED) is 0.414. The van der Waals surface area contributed by atoms with Crippen molar-refractivity contribution in [3.63, 3.8) is 0 Å². The summed E-state index contributed by atoms with van der Waals surface area (Å²) in [6.07, 6.45) is 12.4. The molecule has 0 atom stereocenters. The van der Waals surface area contributed by atoms with Gasteiger partial charge in [0, 0.05) is 0 Å². The second-order valence-electron chi connectivity index (χ2n) is 4.38. The fourth-order valence-electron chi connectivity index (χ4n) is 2.17. The average molecular weight is 296 g/mol. The van der Waals surface area contributed by atoms with E-state index in [0.717, 1.165) is 0 Å². The molecular weight excluding hydrogens is 268 g/mol. The van der Waals surface area contributed by atoms with Crippen molar-refractivity contribution in [1.29, 1.82) is 0 Å². The van der Waals surface area contributed by atoms with Gasteiger partial charge in [0.15, 0.2) is 0 Å². The van der Waals surface area contributed by atoms with E-state index in [4.69, 9.17) is 0 Å². The van der Waals surface area contributed by atoms with Crippen LogP contribution in [-0.2, 0) is 0 Å². The van der Waals surface area contributed by atoms with E-state index in [1.54, 1.807) is 24.6 Å². The Morgan fingerprint density at radius 2 is 0.625 bits per heavy atom. The Morgan fingerprint density at radius 3 is 0.750 bits per heavy atom. The first-order valence-electron chi connectivity index (χ1n) is 6.89. The van der Waals surface area contributed by atoms with Crippen molar-refractivity contribution in [2.45, 2.75) is 53.4 Å². The molecule has 0 aromatic heterocycles. The third kappa shape index (κ3) is 3.86. The maximum Gasteiger partial charge on any atom is -0.0244 e. The van der Waals surface area contributed by atoms with Crippen molar-refractivity contribution in [1.82, 2.24) is 0 Å². The minimum absolute atomic E-state index is 0.571. The monoisotopic (exact) mass is 296 g/mol. The summed E-state index contributed by atoms with van der Waals surface area (Å²) in [6, 6.07) is 0. The van der Waals surface area contributed by atoms with Gasteiger partial charge in [-0.15, -0.1) is 0 Å². The van der Waals surface area contributed by atoms with Crippen molar-refractivity contribution in [3.8, 4) is 0 Å². The van der Waals surface area contributed by atoms with Crippen LogP contribution in [-0.4, -0.2) is 24.6 Å². The fourth-order valence-corrected chi connectivity index (χ4v) is 48.3. The number of hydrogen-bond donors (Lipinski definition) is 0. The van der Waals surface area contributed by atoms with Gasteiger partial charge in [-0.3, -0.25) is 0 Å². The van der Waals surface area contributed by atoms with Crippen molar-refractivity contribution < 1.29 is 0 Å². The lowest BCUT2D eigenvalue weighted by Crippen LogP contribution is -1.98. The van der Waals surface area contributed by atoms with Crippen molar-refractivity contribution >= 4 is 29.2 Å². The summed E-state index contributed by atoms with van der Waals surface area (Å²) < 4.78 is 0. The second kappa shape index (κ2) is 8.76. The lowest BCUT2D eigenvalue weighted by molar-refractivity contribution is 1.09. The van der Waals surface area contributed by atoms with Gasteiger partial charge in [-0.05, 0) is 53.8 Å². The molecule has 0 nitrogen and oxygen atoms in total. The molecule has 4 heteroatoms. The molecule has 0 spiro atoms. The highest BCUT2D eigenvalue weighted by Gasteiger charge is 2.46. The Kier molecular flexibility index (Phi) is 8.64. The summed E-state index contributed by atoms with van der Waals surface area (Å²) in [5.74, 6) is 0. The molecule has 0 saturated carbocycles. The summed E-state index contributed by atoms with van der Waals surface area (Å²) in [5.41, 5.74) is 0. The molecular formula is C12H28P4. The molecule has 1 aliphatic heterocycles. The third-order valence-corrected chi connectivity index (χ3v) is 40.1. The van der Waals surface area contributed by atoms with Crippen LogP contribution in [0.5, 0.6) is 0 Å². The lowest BCUT2D eigenvalue weighted by Gasteiger charge is -2.54. The van der Waals surface area contributed by atoms with Crippen molar-refractivity contribution in [2.75, 3.05) is 24.6 Å². The largest absolute Gasteiger partial charge is 0.0650 e. The highest BCUT2D eigenvalue weighted by Crippen LogP contribution is 3.20. The zero-order chi connectivity index (χ0) is 12.0. The van der Waals surface area contributed by atoms with Gasteiger partial charge in [-0.1, -0.05) is 53.4 Å². The topological polar surface area (TPSA) is 0 Å². The molecule has 0 aromatic carbocycles. The van der Waals surface area contributed by atoms with Crippen LogP contribution in [0, 0.1) is 0 Å². The average Bonchev–Trinajstić information content (AvgIpc) is 2.30. The highest BCUT2D eigenvalue weighted by molar-refractivity contribution is 9.08. The van der Waals surface area contributed by atoms with E-state index in [-0.39, 0.29) is 0 Å². The zero-order valence-corrected chi connectivity index (χ0v) is 15.0. The third-order valence-electron chi connectivity index (χ3n) is 2.76. The lowest BCUT2D eigenvalue weighted by atomic mass is 10.6. The molecule has 1 heterocycles. The molecule has 1 aliphatic rings. The first-order valence-corrected chi connectivity index (χ1v) is 15.8. The van der Waals surface area contributed by atoms with E-state index in [1.165, 1.54) is 25.7 Å². The molecule has 1 rings (SSSR count). The maximum atomic E-state index is 2.40. The number of rotatable bonds is 8. The van der Waals surface area contributed by atoms with Crippen LogP contribution in [0.2, 0.25) is 0 Å². The minimum atomic E-state index is 0.571. The Bertz CT molecular complexity index is 138. The van der Waals surface area contributed by atoms with Crippen LogP contribution in [0.25, 0.3) is 0 Å². The van der Waals surface area contributed by atoms with Gasteiger partial charge >= 0.3 is 0 Å². The Labute approximate surface area is 107 Å². The van der Waals surface area contributed by atoms with Gasteiger partial charge in [-0.25, -0.2) is 0 Å². The molecule has 1 saturated heterocycles. The molecule has 0 N–H and O–H groups in total. The van der Waals surface area contributed by atoms with Crippen LogP contribution >= 0.6 is 29.2 Å². The van der Waals surface area contributed by atoms with Crippen LogP contribution in [0.4, 0.5) is 0 Å². The molecule has 16 heavy (non-hydrogen) atoms. The molecule has 1 fully saturated rings. The fraction of sp³-hybridized carbons (Fsp3) is 1.00. The SMILES string of the molecule is CCCP1P(CCC)P(CCC)P1CCC. The maximum absolute atomic E-state index is 2.40. The van der Waals surface area contributed by atoms with E-state index in [0.29, 0.717) is 29.2 Å². The van der Waals surface area contributed by atoms with E-state index in [9.17, 15) is 0 Å². The minimum Gasteiger partial charge on any atom is -0.0650 e. The number of hydrogen-bond acceptors (Lipinski definition) is 0. The summed E-state index contributed by atoms with van der Waals surface area (Å²) in [4.78, 5) is 0. The Balaban J connectivity index is 2.56. The smallest absolute Gasteiger partial charge is 0.0244 e. The van der Waals surface area contributed by atoms with Gasteiger partial charge in [0.1, 0.15) is 0 Å². The van der Waals surface area contributed by atoms with Gasteiger partial charge in [0.25, 0.3) is 0 Å². The normalized spacial score (nSPS) is 33.8. The summed E-state index contributed by atoms with van der Waals surface area (Å²) in [5, 5.41) is 0. The summed E-state index contributed by atoms with van der Waals surface area (Å²) in [7, 11) is 2.28. The predicted molar refractivity (Wildman–Crippen MR) is 88.3 cm³/mol. The van der Waals surface area contributed by atoms with Crippen LogP contribution < -0.4 is 0 Å². The molecule has 0 bridgehead atoms. The molecule has 0 unspecified atom stereocenters.